The van der Waals surface area contributed by atoms with Gasteiger partial charge in [0.25, 0.3) is 0 Å². The average molecular weight is 332 g/mol. The molecule has 1 aromatic carbocycles. The molecule has 7 heteroatoms. The van der Waals surface area contributed by atoms with Crippen LogP contribution in [-0.2, 0) is 11.8 Å². The fourth-order valence-electron chi connectivity index (χ4n) is 1.61. The summed E-state index contributed by atoms with van der Waals surface area (Å²) in [5.74, 6) is 0.484. The summed E-state index contributed by atoms with van der Waals surface area (Å²) in [4.78, 5) is 7.90. The number of halogens is 2. The number of hydrogen-bond acceptors (Lipinski definition) is 4. The van der Waals surface area contributed by atoms with E-state index < -0.39 is 6.04 Å². The lowest BCUT2D eigenvalue weighted by Gasteiger charge is -2.17. The van der Waals surface area contributed by atoms with Crippen molar-refractivity contribution in [2.75, 3.05) is 18.6 Å². The van der Waals surface area contributed by atoms with Gasteiger partial charge in [-0.25, -0.2) is 4.98 Å². The zero-order valence-electron chi connectivity index (χ0n) is 10.4. The van der Waals surface area contributed by atoms with Gasteiger partial charge in [-0.3, -0.25) is 0 Å². The third kappa shape index (κ3) is 3.67. The van der Waals surface area contributed by atoms with Crippen LogP contribution in [0.3, 0.4) is 0 Å². The predicted octanol–water partition coefficient (Wildman–Crippen LogP) is 3.89. The Labute approximate surface area is 127 Å². The molecule has 0 aliphatic heterocycles. The molecule has 0 saturated carbocycles. The van der Waals surface area contributed by atoms with E-state index in [1.807, 2.05) is 24.3 Å². The Morgan fingerprint density at radius 1 is 1.21 bits per heavy atom. The molecule has 0 radical (unpaired) electrons. The van der Waals surface area contributed by atoms with Crippen molar-refractivity contribution in [2.45, 2.75) is 0 Å². The van der Waals surface area contributed by atoms with E-state index in [-0.39, 0.29) is 5.28 Å². The quantitative estimate of drug-likeness (QED) is 0.684. The highest BCUT2D eigenvalue weighted by atomic mass is 35.5. The van der Waals surface area contributed by atoms with Crippen molar-refractivity contribution in [1.82, 2.24) is 9.97 Å². The van der Waals surface area contributed by atoms with Crippen molar-refractivity contribution >= 4 is 57.9 Å². The lowest BCUT2D eigenvalue weighted by atomic mass is 10.3. The maximum atomic E-state index is 6.05. The minimum Gasteiger partial charge on any atom is -0.338 e. The van der Waals surface area contributed by atoms with Gasteiger partial charge in [0.1, 0.15) is 5.02 Å². The van der Waals surface area contributed by atoms with Gasteiger partial charge in [-0.15, -0.1) is 0 Å². The van der Waals surface area contributed by atoms with Gasteiger partial charge in [0.15, 0.2) is 5.82 Å². The van der Waals surface area contributed by atoms with E-state index in [0.717, 1.165) is 11.0 Å². The topological polar surface area (TPSA) is 37.8 Å². The number of para-hydroxylation sites is 1. The molecule has 0 amide bonds. The summed E-state index contributed by atoms with van der Waals surface area (Å²) in [5.41, 5.74) is 0.910. The molecular formula is C12H12Cl2N3PS. The lowest BCUT2D eigenvalue weighted by Crippen LogP contribution is -2.10. The molecule has 0 atom stereocenters. The van der Waals surface area contributed by atoms with Crippen LogP contribution < -0.4 is 10.6 Å². The van der Waals surface area contributed by atoms with Gasteiger partial charge in [0.05, 0.1) is 6.20 Å². The van der Waals surface area contributed by atoms with Gasteiger partial charge in [-0.2, -0.15) is 4.98 Å². The second-order valence-electron chi connectivity index (χ2n) is 4.33. The first-order valence-electron chi connectivity index (χ1n) is 5.47. The van der Waals surface area contributed by atoms with Gasteiger partial charge >= 0.3 is 0 Å². The molecule has 2 rings (SSSR count). The molecule has 19 heavy (non-hydrogen) atoms. The standard InChI is InChI=1S/C12H12Cl2N3PS/c1-18(2,19)10-6-4-3-5-9(10)16-11-8(13)7-15-12(14)17-11/h3-7H,1-2H3,(H,15,16,17). The zero-order valence-corrected chi connectivity index (χ0v) is 13.6. The minimum absolute atomic E-state index is 0.150. The summed E-state index contributed by atoms with van der Waals surface area (Å²) < 4.78 is 0. The zero-order chi connectivity index (χ0) is 14.0. The Balaban J connectivity index is 2.44. The van der Waals surface area contributed by atoms with Gasteiger partial charge in [0, 0.05) is 11.0 Å². The minimum atomic E-state index is -1.57. The highest BCUT2D eigenvalue weighted by Gasteiger charge is 2.13. The predicted molar refractivity (Wildman–Crippen MR) is 87.5 cm³/mol. The van der Waals surface area contributed by atoms with Gasteiger partial charge in [0.2, 0.25) is 5.28 Å². The second kappa shape index (κ2) is 5.76. The van der Waals surface area contributed by atoms with Crippen molar-refractivity contribution in [3.8, 4) is 0 Å². The number of nitrogens with zero attached hydrogens (tertiary/aromatic N) is 2. The Bertz CT molecular complexity index is 657. The smallest absolute Gasteiger partial charge is 0.224 e. The first kappa shape index (κ1) is 14.7. The van der Waals surface area contributed by atoms with Crippen LogP contribution in [0.25, 0.3) is 0 Å². The van der Waals surface area contributed by atoms with Gasteiger partial charge in [-0.1, -0.05) is 41.6 Å². The molecule has 1 N–H and O–H groups in total. The highest BCUT2D eigenvalue weighted by molar-refractivity contribution is 8.17. The van der Waals surface area contributed by atoms with Crippen LogP contribution in [-0.4, -0.2) is 23.3 Å². The Hall–Kier alpha value is -0.670. The van der Waals surface area contributed by atoms with E-state index in [4.69, 9.17) is 35.0 Å². The van der Waals surface area contributed by atoms with E-state index in [1.54, 1.807) is 0 Å². The molecule has 100 valence electrons. The molecule has 0 aliphatic carbocycles. The Kier molecular flexibility index (Phi) is 4.46. The van der Waals surface area contributed by atoms with Crippen molar-refractivity contribution in [3.63, 3.8) is 0 Å². The maximum absolute atomic E-state index is 6.05. The molecule has 0 spiro atoms. The van der Waals surface area contributed by atoms with Crippen molar-refractivity contribution in [3.05, 3.63) is 40.8 Å². The van der Waals surface area contributed by atoms with Crippen LogP contribution in [0.5, 0.6) is 0 Å². The number of benzene rings is 1. The summed E-state index contributed by atoms with van der Waals surface area (Å²) in [6.07, 6.45) is 1.47. The normalized spacial score (nSPS) is 11.4. The molecule has 2 aromatic rings. The molecular weight excluding hydrogens is 320 g/mol. The Morgan fingerprint density at radius 3 is 2.58 bits per heavy atom. The first-order valence-corrected chi connectivity index (χ1v) is 9.93. The van der Waals surface area contributed by atoms with E-state index in [9.17, 15) is 0 Å². The summed E-state index contributed by atoms with van der Waals surface area (Å²) in [7, 11) is 0. The molecule has 1 heterocycles. The molecule has 3 nitrogen and oxygen atoms in total. The number of aromatic nitrogens is 2. The fraction of sp³-hybridized carbons (Fsp3) is 0.167. The van der Waals surface area contributed by atoms with Crippen LogP contribution in [0, 0.1) is 0 Å². The fourth-order valence-corrected chi connectivity index (χ4v) is 3.51. The van der Waals surface area contributed by atoms with Crippen molar-refractivity contribution in [2.24, 2.45) is 0 Å². The Morgan fingerprint density at radius 2 is 1.89 bits per heavy atom. The second-order valence-corrected chi connectivity index (χ2v) is 11.0. The van der Waals surface area contributed by atoms with Crippen LogP contribution in [0.15, 0.2) is 30.5 Å². The average Bonchev–Trinajstić information content (AvgIpc) is 2.33. The van der Waals surface area contributed by atoms with Gasteiger partial charge in [-0.05, 0) is 37.0 Å². The summed E-state index contributed by atoms with van der Waals surface area (Å²) in [6, 6.07) is 6.33. The molecule has 0 bridgehead atoms. The van der Waals surface area contributed by atoms with E-state index in [0.29, 0.717) is 10.8 Å². The molecule has 0 fully saturated rings. The number of rotatable bonds is 3. The molecule has 1 aromatic heterocycles. The summed E-state index contributed by atoms with van der Waals surface area (Å²) in [6.45, 7) is 4.16. The number of hydrogen-bond donors (Lipinski definition) is 1. The molecule has 0 aliphatic rings. The van der Waals surface area contributed by atoms with Crippen molar-refractivity contribution in [1.29, 1.82) is 0 Å². The summed E-state index contributed by atoms with van der Waals surface area (Å²) in [5, 5.41) is 4.86. The van der Waals surface area contributed by atoms with Crippen LogP contribution in [0.4, 0.5) is 11.5 Å². The molecule has 0 unspecified atom stereocenters. The van der Waals surface area contributed by atoms with Crippen LogP contribution in [0.2, 0.25) is 10.3 Å². The highest BCUT2D eigenvalue weighted by Crippen LogP contribution is 2.39. The number of nitrogens with one attached hydrogen (secondary N) is 1. The third-order valence-electron chi connectivity index (χ3n) is 2.45. The third-order valence-corrected chi connectivity index (χ3v) is 5.05. The van der Waals surface area contributed by atoms with E-state index >= 15 is 0 Å². The van der Waals surface area contributed by atoms with E-state index in [1.165, 1.54) is 6.20 Å². The maximum Gasteiger partial charge on any atom is 0.224 e. The van der Waals surface area contributed by atoms with E-state index in [2.05, 4.69) is 28.6 Å². The van der Waals surface area contributed by atoms with Gasteiger partial charge < -0.3 is 5.32 Å². The largest absolute Gasteiger partial charge is 0.338 e. The number of anilines is 2. The first-order chi connectivity index (χ1) is 8.88. The summed E-state index contributed by atoms with van der Waals surface area (Å²) >= 11 is 17.4. The molecule has 0 saturated heterocycles. The SMILES string of the molecule is CP(C)(=S)c1ccccc1Nc1nc(Cl)ncc1Cl. The monoisotopic (exact) mass is 331 g/mol. The lowest BCUT2D eigenvalue weighted by molar-refractivity contribution is 1.17. The van der Waals surface area contributed by atoms with Crippen LogP contribution in [0.1, 0.15) is 0 Å². The van der Waals surface area contributed by atoms with Crippen LogP contribution >= 0.6 is 29.2 Å². The van der Waals surface area contributed by atoms with Crippen molar-refractivity contribution < 1.29 is 0 Å².